The highest BCUT2D eigenvalue weighted by Crippen LogP contribution is 2.37. The number of aromatic nitrogens is 3. The van der Waals surface area contributed by atoms with Crippen LogP contribution in [0.25, 0.3) is 0 Å². The van der Waals surface area contributed by atoms with Crippen LogP contribution in [0.1, 0.15) is 25.7 Å². The SMILES string of the molecule is O=C(Cn1cccn1)N1C2CCC1CC(Oc1cccnc1)C2. The zero-order chi connectivity index (χ0) is 15.6. The summed E-state index contributed by atoms with van der Waals surface area (Å²) in [5, 5.41) is 4.13. The fourth-order valence-corrected chi connectivity index (χ4v) is 3.85. The third kappa shape index (κ3) is 2.93. The van der Waals surface area contributed by atoms with Crippen LogP contribution < -0.4 is 4.74 Å². The van der Waals surface area contributed by atoms with Crippen molar-refractivity contribution in [1.29, 1.82) is 0 Å². The van der Waals surface area contributed by atoms with Gasteiger partial charge in [0.15, 0.2) is 0 Å². The van der Waals surface area contributed by atoms with E-state index in [4.69, 9.17) is 4.74 Å². The number of fused-ring (bicyclic) bond motifs is 2. The van der Waals surface area contributed by atoms with E-state index in [-0.39, 0.29) is 12.0 Å². The molecule has 2 aliphatic heterocycles. The second-order valence-corrected chi connectivity index (χ2v) is 6.29. The molecule has 2 aromatic heterocycles. The van der Waals surface area contributed by atoms with E-state index in [1.54, 1.807) is 23.3 Å². The fourth-order valence-electron chi connectivity index (χ4n) is 3.85. The molecule has 2 bridgehead atoms. The van der Waals surface area contributed by atoms with Crippen LogP contribution in [0.15, 0.2) is 43.0 Å². The maximum Gasteiger partial charge on any atom is 0.244 e. The molecule has 4 heterocycles. The monoisotopic (exact) mass is 312 g/mol. The number of ether oxygens (including phenoxy) is 1. The van der Waals surface area contributed by atoms with Crippen molar-refractivity contribution in [2.45, 2.75) is 50.4 Å². The van der Waals surface area contributed by atoms with E-state index < -0.39 is 0 Å². The third-order valence-electron chi connectivity index (χ3n) is 4.77. The summed E-state index contributed by atoms with van der Waals surface area (Å²) in [6, 6.07) is 6.24. The van der Waals surface area contributed by atoms with Gasteiger partial charge in [0.05, 0.1) is 6.20 Å². The molecule has 0 spiro atoms. The van der Waals surface area contributed by atoms with Crippen LogP contribution in [0.3, 0.4) is 0 Å². The summed E-state index contributed by atoms with van der Waals surface area (Å²) in [4.78, 5) is 18.8. The van der Waals surface area contributed by atoms with Crippen LogP contribution in [0.5, 0.6) is 5.75 Å². The average Bonchev–Trinajstić information content (AvgIpc) is 3.15. The molecule has 2 fully saturated rings. The molecule has 2 aliphatic rings. The van der Waals surface area contributed by atoms with Gasteiger partial charge in [-0.05, 0) is 31.0 Å². The normalized spacial score (nSPS) is 26.3. The Morgan fingerprint density at radius 1 is 1.22 bits per heavy atom. The Labute approximate surface area is 135 Å². The van der Waals surface area contributed by atoms with Gasteiger partial charge in [-0.15, -0.1) is 0 Å². The number of hydrogen-bond donors (Lipinski definition) is 0. The van der Waals surface area contributed by atoms with Gasteiger partial charge in [-0.3, -0.25) is 14.5 Å². The van der Waals surface area contributed by atoms with Crippen LogP contribution >= 0.6 is 0 Å². The molecule has 2 aromatic rings. The van der Waals surface area contributed by atoms with E-state index >= 15 is 0 Å². The number of amides is 1. The minimum absolute atomic E-state index is 0.168. The van der Waals surface area contributed by atoms with Gasteiger partial charge in [0.25, 0.3) is 0 Å². The van der Waals surface area contributed by atoms with Crippen LogP contribution in [-0.4, -0.2) is 43.8 Å². The van der Waals surface area contributed by atoms with E-state index in [1.165, 1.54) is 0 Å². The van der Waals surface area contributed by atoms with E-state index in [0.717, 1.165) is 31.4 Å². The second kappa shape index (κ2) is 6.02. The first-order valence-corrected chi connectivity index (χ1v) is 8.15. The highest BCUT2D eigenvalue weighted by molar-refractivity contribution is 5.77. The lowest BCUT2D eigenvalue weighted by Crippen LogP contribution is -2.50. The molecule has 0 radical (unpaired) electrons. The third-order valence-corrected chi connectivity index (χ3v) is 4.77. The summed E-state index contributed by atoms with van der Waals surface area (Å²) >= 11 is 0. The Hall–Kier alpha value is -2.37. The molecule has 23 heavy (non-hydrogen) atoms. The van der Waals surface area contributed by atoms with Crippen molar-refractivity contribution in [1.82, 2.24) is 19.7 Å². The van der Waals surface area contributed by atoms with Gasteiger partial charge in [-0.1, -0.05) is 0 Å². The van der Waals surface area contributed by atoms with Gasteiger partial charge < -0.3 is 9.64 Å². The molecule has 120 valence electrons. The van der Waals surface area contributed by atoms with Gasteiger partial charge >= 0.3 is 0 Å². The zero-order valence-electron chi connectivity index (χ0n) is 12.9. The lowest BCUT2D eigenvalue weighted by Gasteiger charge is -2.38. The van der Waals surface area contributed by atoms with Gasteiger partial charge in [-0.2, -0.15) is 5.10 Å². The predicted octanol–water partition coefficient (Wildman–Crippen LogP) is 1.88. The minimum Gasteiger partial charge on any atom is -0.489 e. The molecule has 2 unspecified atom stereocenters. The van der Waals surface area contributed by atoms with Gasteiger partial charge in [-0.25, -0.2) is 0 Å². The molecule has 0 N–H and O–H groups in total. The molecular formula is C17H20N4O2. The molecule has 2 saturated heterocycles. The molecule has 1 amide bonds. The Balaban J connectivity index is 1.41. The Bertz CT molecular complexity index is 644. The molecule has 2 atom stereocenters. The number of hydrogen-bond acceptors (Lipinski definition) is 4. The standard InChI is InChI=1S/C17H20N4O2/c22-17(12-20-8-2-7-19-20)21-13-4-5-14(21)10-16(9-13)23-15-3-1-6-18-11-15/h1-3,6-8,11,13-14,16H,4-5,9-10,12H2. The Kier molecular flexibility index (Phi) is 3.73. The summed E-state index contributed by atoms with van der Waals surface area (Å²) in [6.45, 7) is 0.328. The van der Waals surface area contributed by atoms with Crippen LogP contribution in [-0.2, 0) is 11.3 Å². The molecule has 0 aromatic carbocycles. The molecule has 4 rings (SSSR count). The van der Waals surface area contributed by atoms with Gasteiger partial charge in [0, 0.05) is 43.5 Å². The number of pyridine rings is 1. The van der Waals surface area contributed by atoms with Crippen LogP contribution in [0.2, 0.25) is 0 Å². The summed E-state index contributed by atoms with van der Waals surface area (Å²) in [5.74, 6) is 0.981. The highest BCUT2D eigenvalue weighted by Gasteiger charge is 2.43. The van der Waals surface area contributed by atoms with E-state index in [2.05, 4.69) is 15.0 Å². The zero-order valence-corrected chi connectivity index (χ0v) is 12.9. The van der Waals surface area contributed by atoms with E-state index in [0.29, 0.717) is 18.6 Å². The first kappa shape index (κ1) is 14.2. The molecular weight excluding hydrogens is 292 g/mol. The summed E-state index contributed by atoms with van der Waals surface area (Å²) in [6.07, 6.45) is 11.1. The van der Waals surface area contributed by atoms with Crippen molar-refractivity contribution in [2.24, 2.45) is 0 Å². The first-order chi connectivity index (χ1) is 11.3. The topological polar surface area (TPSA) is 60.2 Å². The molecule has 0 aliphatic carbocycles. The van der Waals surface area contributed by atoms with Crippen molar-refractivity contribution >= 4 is 5.91 Å². The number of rotatable bonds is 4. The Morgan fingerprint density at radius 2 is 2.04 bits per heavy atom. The number of carbonyl (C=O) groups excluding carboxylic acids is 1. The maximum absolute atomic E-state index is 12.6. The number of nitrogens with zero attached hydrogens (tertiary/aromatic N) is 4. The van der Waals surface area contributed by atoms with Crippen molar-refractivity contribution in [2.75, 3.05) is 0 Å². The fraction of sp³-hybridized carbons (Fsp3) is 0.471. The lowest BCUT2D eigenvalue weighted by molar-refractivity contribution is -0.137. The summed E-state index contributed by atoms with van der Waals surface area (Å²) in [7, 11) is 0. The summed E-state index contributed by atoms with van der Waals surface area (Å²) in [5.41, 5.74) is 0. The van der Waals surface area contributed by atoms with Crippen LogP contribution in [0, 0.1) is 0 Å². The first-order valence-electron chi connectivity index (χ1n) is 8.15. The van der Waals surface area contributed by atoms with Crippen molar-refractivity contribution in [3.8, 4) is 5.75 Å². The van der Waals surface area contributed by atoms with Gasteiger partial charge in [0.2, 0.25) is 5.91 Å². The lowest BCUT2D eigenvalue weighted by atomic mass is 9.99. The number of carbonyl (C=O) groups is 1. The van der Waals surface area contributed by atoms with Crippen LogP contribution in [0.4, 0.5) is 0 Å². The quantitative estimate of drug-likeness (QED) is 0.865. The molecule has 6 nitrogen and oxygen atoms in total. The van der Waals surface area contributed by atoms with Crippen molar-refractivity contribution in [3.63, 3.8) is 0 Å². The number of piperidine rings is 1. The maximum atomic E-state index is 12.6. The summed E-state index contributed by atoms with van der Waals surface area (Å²) < 4.78 is 7.75. The van der Waals surface area contributed by atoms with Crippen molar-refractivity contribution in [3.05, 3.63) is 43.0 Å². The van der Waals surface area contributed by atoms with Crippen molar-refractivity contribution < 1.29 is 9.53 Å². The predicted molar refractivity (Wildman–Crippen MR) is 83.8 cm³/mol. The highest BCUT2D eigenvalue weighted by atomic mass is 16.5. The minimum atomic E-state index is 0.168. The van der Waals surface area contributed by atoms with Gasteiger partial charge in [0.1, 0.15) is 18.4 Å². The molecule has 0 saturated carbocycles. The Morgan fingerprint density at radius 3 is 2.70 bits per heavy atom. The van der Waals surface area contributed by atoms with E-state index in [1.807, 2.05) is 24.4 Å². The average molecular weight is 312 g/mol. The smallest absolute Gasteiger partial charge is 0.244 e. The second-order valence-electron chi connectivity index (χ2n) is 6.29. The molecule has 6 heteroatoms. The largest absolute Gasteiger partial charge is 0.489 e. The van der Waals surface area contributed by atoms with E-state index in [9.17, 15) is 4.79 Å².